The molecule has 1 saturated carbocycles. The molecule has 0 heterocycles. The van der Waals surface area contributed by atoms with Crippen molar-refractivity contribution in [2.75, 3.05) is 6.54 Å². The smallest absolute Gasteiger partial charge is 0.0543 e. The number of aliphatic hydroxyl groups is 1. The van der Waals surface area contributed by atoms with Crippen LogP contribution in [0, 0.1) is 5.92 Å². The largest absolute Gasteiger partial charge is 0.393 e. The van der Waals surface area contributed by atoms with E-state index in [0.29, 0.717) is 12.0 Å². The molecule has 0 bridgehead atoms. The minimum Gasteiger partial charge on any atom is -0.393 e. The van der Waals surface area contributed by atoms with Gasteiger partial charge in [0.05, 0.1) is 6.10 Å². The van der Waals surface area contributed by atoms with Gasteiger partial charge in [-0.05, 0) is 31.7 Å². The van der Waals surface area contributed by atoms with Crippen LogP contribution in [0.15, 0.2) is 0 Å². The molecule has 2 N–H and O–H groups in total. The minimum absolute atomic E-state index is 0.0195. The van der Waals surface area contributed by atoms with Crippen molar-refractivity contribution in [3.8, 4) is 0 Å². The monoisotopic (exact) mass is 157 g/mol. The topological polar surface area (TPSA) is 32.3 Å². The maximum atomic E-state index is 9.24. The van der Waals surface area contributed by atoms with E-state index >= 15 is 0 Å². The van der Waals surface area contributed by atoms with Gasteiger partial charge in [-0.25, -0.2) is 0 Å². The molecule has 2 nitrogen and oxygen atoms in total. The average molecular weight is 157 g/mol. The van der Waals surface area contributed by atoms with Crippen molar-refractivity contribution in [1.82, 2.24) is 5.32 Å². The van der Waals surface area contributed by atoms with Crippen LogP contribution in [0.4, 0.5) is 0 Å². The lowest BCUT2D eigenvalue weighted by molar-refractivity contribution is 0.177. The van der Waals surface area contributed by atoms with Crippen LogP contribution in [0.5, 0.6) is 0 Å². The fourth-order valence-electron chi connectivity index (χ4n) is 1.64. The molecule has 1 aliphatic carbocycles. The third kappa shape index (κ3) is 3.21. The lowest BCUT2D eigenvalue weighted by Gasteiger charge is -2.12. The fourth-order valence-corrected chi connectivity index (χ4v) is 1.64. The Bertz CT molecular complexity index is 114. The molecule has 11 heavy (non-hydrogen) atoms. The van der Waals surface area contributed by atoms with Gasteiger partial charge >= 0.3 is 0 Å². The van der Waals surface area contributed by atoms with Crippen molar-refractivity contribution in [1.29, 1.82) is 0 Å². The van der Waals surface area contributed by atoms with Crippen molar-refractivity contribution in [2.24, 2.45) is 5.92 Å². The van der Waals surface area contributed by atoms with Crippen LogP contribution in [0.2, 0.25) is 0 Å². The van der Waals surface area contributed by atoms with Gasteiger partial charge in [0, 0.05) is 6.04 Å². The zero-order valence-corrected chi connectivity index (χ0v) is 7.51. The molecule has 0 amide bonds. The van der Waals surface area contributed by atoms with Crippen molar-refractivity contribution in [3.05, 3.63) is 0 Å². The second-order valence-electron chi connectivity index (χ2n) is 3.90. The molecule has 1 fully saturated rings. The molecular weight excluding hydrogens is 138 g/mol. The van der Waals surface area contributed by atoms with Gasteiger partial charge in [-0.15, -0.1) is 0 Å². The SMILES string of the molecule is CC(C)NC[C@H]1CC[C@H](O)C1. The van der Waals surface area contributed by atoms with Gasteiger partial charge in [-0.1, -0.05) is 13.8 Å². The molecule has 66 valence electrons. The van der Waals surface area contributed by atoms with Crippen molar-refractivity contribution >= 4 is 0 Å². The first-order chi connectivity index (χ1) is 5.18. The highest BCUT2D eigenvalue weighted by Gasteiger charge is 2.22. The van der Waals surface area contributed by atoms with Gasteiger partial charge in [0.15, 0.2) is 0 Å². The maximum Gasteiger partial charge on any atom is 0.0543 e. The van der Waals surface area contributed by atoms with E-state index in [1.165, 1.54) is 6.42 Å². The zero-order chi connectivity index (χ0) is 8.27. The van der Waals surface area contributed by atoms with E-state index in [4.69, 9.17) is 0 Å². The molecule has 1 aliphatic rings. The predicted octanol–water partition coefficient (Wildman–Crippen LogP) is 1.15. The average Bonchev–Trinajstić information content (AvgIpc) is 2.31. The van der Waals surface area contributed by atoms with E-state index in [1.54, 1.807) is 0 Å². The summed E-state index contributed by atoms with van der Waals surface area (Å²) in [4.78, 5) is 0. The number of hydrogen-bond donors (Lipinski definition) is 2. The second kappa shape index (κ2) is 4.07. The highest BCUT2D eigenvalue weighted by Crippen LogP contribution is 2.24. The summed E-state index contributed by atoms with van der Waals surface area (Å²) < 4.78 is 0. The third-order valence-electron chi connectivity index (χ3n) is 2.33. The lowest BCUT2D eigenvalue weighted by Crippen LogP contribution is -2.28. The van der Waals surface area contributed by atoms with Crippen LogP contribution in [0.1, 0.15) is 33.1 Å². The molecule has 0 aromatic rings. The Labute approximate surface area is 69.0 Å². The predicted molar refractivity (Wildman–Crippen MR) is 46.5 cm³/mol. The maximum absolute atomic E-state index is 9.24. The van der Waals surface area contributed by atoms with E-state index in [0.717, 1.165) is 19.4 Å². The Kier molecular flexibility index (Phi) is 3.34. The summed E-state index contributed by atoms with van der Waals surface area (Å²) in [6.07, 6.45) is 3.18. The Morgan fingerprint density at radius 3 is 2.64 bits per heavy atom. The Morgan fingerprint density at radius 2 is 2.18 bits per heavy atom. The van der Waals surface area contributed by atoms with Crippen molar-refractivity contribution in [2.45, 2.75) is 45.3 Å². The number of rotatable bonds is 3. The number of aliphatic hydroxyl groups excluding tert-OH is 1. The van der Waals surface area contributed by atoms with Crippen molar-refractivity contribution < 1.29 is 5.11 Å². The first kappa shape index (κ1) is 9.01. The van der Waals surface area contributed by atoms with Crippen LogP contribution in [-0.2, 0) is 0 Å². The quantitative estimate of drug-likeness (QED) is 0.644. The summed E-state index contributed by atoms with van der Waals surface area (Å²) in [6.45, 7) is 5.39. The normalized spacial score (nSPS) is 31.6. The zero-order valence-electron chi connectivity index (χ0n) is 7.51. The molecule has 0 aliphatic heterocycles. The minimum atomic E-state index is -0.0195. The van der Waals surface area contributed by atoms with Gasteiger partial charge < -0.3 is 10.4 Å². The van der Waals surface area contributed by atoms with Gasteiger partial charge in [0.1, 0.15) is 0 Å². The first-order valence-corrected chi connectivity index (χ1v) is 4.60. The molecule has 0 spiro atoms. The summed E-state index contributed by atoms with van der Waals surface area (Å²) in [5.41, 5.74) is 0. The molecular formula is C9H19NO. The summed E-state index contributed by atoms with van der Waals surface area (Å²) in [5.74, 6) is 0.715. The van der Waals surface area contributed by atoms with Crippen LogP contribution in [0.25, 0.3) is 0 Å². The van der Waals surface area contributed by atoms with E-state index in [1.807, 2.05) is 0 Å². The Hall–Kier alpha value is -0.0800. The summed E-state index contributed by atoms with van der Waals surface area (Å²) in [7, 11) is 0. The number of hydrogen-bond acceptors (Lipinski definition) is 2. The van der Waals surface area contributed by atoms with E-state index < -0.39 is 0 Å². The Balaban J connectivity index is 2.08. The first-order valence-electron chi connectivity index (χ1n) is 4.60. The Morgan fingerprint density at radius 1 is 1.45 bits per heavy atom. The van der Waals surface area contributed by atoms with Crippen LogP contribution >= 0.6 is 0 Å². The van der Waals surface area contributed by atoms with E-state index in [-0.39, 0.29) is 6.10 Å². The summed E-state index contributed by atoms with van der Waals surface area (Å²) in [6, 6.07) is 0.577. The van der Waals surface area contributed by atoms with Gasteiger partial charge in [-0.2, -0.15) is 0 Å². The summed E-state index contributed by atoms with van der Waals surface area (Å²) in [5, 5.41) is 12.6. The van der Waals surface area contributed by atoms with Crippen LogP contribution in [-0.4, -0.2) is 23.8 Å². The van der Waals surface area contributed by atoms with Gasteiger partial charge in [0.2, 0.25) is 0 Å². The third-order valence-corrected chi connectivity index (χ3v) is 2.33. The highest BCUT2D eigenvalue weighted by atomic mass is 16.3. The van der Waals surface area contributed by atoms with Crippen molar-refractivity contribution in [3.63, 3.8) is 0 Å². The molecule has 0 unspecified atom stereocenters. The lowest BCUT2D eigenvalue weighted by atomic mass is 10.1. The van der Waals surface area contributed by atoms with Gasteiger partial charge in [-0.3, -0.25) is 0 Å². The second-order valence-corrected chi connectivity index (χ2v) is 3.90. The molecule has 0 radical (unpaired) electrons. The molecule has 0 aromatic heterocycles. The fraction of sp³-hybridized carbons (Fsp3) is 1.00. The molecule has 1 rings (SSSR count). The number of nitrogens with one attached hydrogen (secondary N) is 1. The summed E-state index contributed by atoms with van der Waals surface area (Å²) >= 11 is 0. The standard InChI is InChI=1S/C9H19NO/c1-7(2)10-6-8-3-4-9(11)5-8/h7-11H,3-6H2,1-2H3/t8-,9-/m0/s1. The molecule has 2 atom stereocenters. The van der Waals surface area contributed by atoms with E-state index in [2.05, 4.69) is 19.2 Å². The van der Waals surface area contributed by atoms with Crippen LogP contribution < -0.4 is 5.32 Å². The highest BCUT2D eigenvalue weighted by molar-refractivity contribution is 4.76. The van der Waals surface area contributed by atoms with E-state index in [9.17, 15) is 5.11 Å². The molecule has 0 aromatic carbocycles. The molecule has 0 saturated heterocycles. The van der Waals surface area contributed by atoms with Gasteiger partial charge in [0.25, 0.3) is 0 Å². The molecule has 2 heteroatoms. The van der Waals surface area contributed by atoms with Crippen LogP contribution in [0.3, 0.4) is 0 Å².